The molecular weight excluding hydrogens is 1120 g/mol. The predicted octanol–water partition coefficient (Wildman–Crippen LogP) is -5.54. The van der Waals surface area contributed by atoms with Crippen LogP contribution in [-0.4, -0.2) is 287 Å². The Morgan fingerprint density at radius 2 is 0.819 bits per heavy atom. The molecular formula is C52H72O31. The van der Waals surface area contributed by atoms with Crippen LogP contribution in [0.2, 0.25) is 0 Å². The van der Waals surface area contributed by atoms with E-state index in [0.717, 1.165) is 35.0 Å². The van der Waals surface area contributed by atoms with Crippen molar-refractivity contribution >= 4 is 29.8 Å². The molecule has 4 heterocycles. The number of benzene rings is 2. The second kappa shape index (κ2) is 31.4. The van der Waals surface area contributed by atoms with E-state index in [-0.39, 0.29) is 11.1 Å². The quantitative estimate of drug-likeness (QED) is 0.0309. The highest BCUT2D eigenvalue weighted by molar-refractivity contribution is 5.90. The summed E-state index contributed by atoms with van der Waals surface area (Å²) in [6.07, 6.45) is -43.5. The Hall–Kier alpha value is -5.05. The molecule has 0 bridgehead atoms. The van der Waals surface area contributed by atoms with Crippen LogP contribution in [0, 0.1) is 0 Å². The van der Waals surface area contributed by atoms with Crippen LogP contribution >= 0.6 is 0 Å². The molecule has 24 atom stereocenters. The first-order valence-corrected chi connectivity index (χ1v) is 26.1. The van der Waals surface area contributed by atoms with E-state index in [1.165, 1.54) is 48.5 Å². The topological polar surface area (TPSA) is 446 Å². The first-order valence-electron chi connectivity index (χ1n) is 26.1. The van der Waals surface area contributed by atoms with Crippen LogP contribution in [0.5, 0.6) is 0 Å². The van der Waals surface area contributed by atoms with E-state index < -0.39 is 217 Å². The normalized spacial score (nSPS) is 35.2. The van der Waals surface area contributed by atoms with Crippen LogP contribution in [0.15, 0.2) is 60.7 Å². The minimum absolute atomic E-state index is 0.00244. The van der Waals surface area contributed by atoms with E-state index in [2.05, 4.69) is 0 Å². The van der Waals surface area contributed by atoms with Gasteiger partial charge in [-0.2, -0.15) is 0 Å². The number of aliphatic hydroxyl groups excluding tert-OH is 11. The molecule has 466 valence electrons. The van der Waals surface area contributed by atoms with Crippen LogP contribution in [0.3, 0.4) is 0 Å². The van der Waals surface area contributed by atoms with Crippen molar-refractivity contribution in [3.05, 3.63) is 71.8 Å². The molecule has 0 amide bonds. The molecule has 0 radical (unpaired) electrons. The van der Waals surface area contributed by atoms with Crippen molar-refractivity contribution in [2.24, 2.45) is 0 Å². The number of ether oxygens (including phenoxy) is 15. The van der Waals surface area contributed by atoms with Gasteiger partial charge in [-0.25, -0.2) is 9.59 Å². The maximum atomic E-state index is 14.0. The third kappa shape index (κ3) is 17.1. The first-order chi connectivity index (χ1) is 39.5. The molecule has 0 unspecified atom stereocenters. The number of carbonyl (C=O) groups excluding carboxylic acids is 5. The number of methoxy groups -OCH3 is 2. The molecule has 0 aliphatic carbocycles. The van der Waals surface area contributed by atoms with Gasteiger partial charge < -0.3 is 127 Å². The summed E-state index contributed by atoms with van der Waals surface area (Å²) in [6, 6.07) is 14.9. The SMILES string of the molecule is CO[C@@H]([C@H](OC)[C@@H](CO[C@@H]1O[C@H](COC(C)=O)[C@@H](O[C@@H]2O[C@H](CO)[C@H](O)[C@H](O)[C@H]2O)[C@H](O)[C@H]1OC(C)=O)OC(=O)c1ccccc1)[C@@H](CO[C@@H]1O[C@H](COC(C)=O)[C@@H](O[C@@H]2O[C@H](CO)[C@H](O)[C@H](O)[C@H]2O)[C@H](O)[C@H]1O)OC(=O)c1ccccc1. The van der Waals surface area contributed by atoms with E-state index in [1.807, 2.05) is 0 Å². The van der Waals surface area contributed by atoms with Crippen molar-refractivity contribution in [1.29, 1.82) is 0 Å². The zero-order valence-electron chi connectivity index (χ0n) is 45.5. The zero-order valence-corrected chi connectivity index (χ0v) is 45.5. The van der Waals surface area contributed by atoms with Gasteiger partial charge in [0.1, 0.15) is 117 Å². The maximum Gasteiger partial charge on any atom is 0.338 e. The fourth-order valence-electron chi connectivity index (χ4n) is 9.39. The second-order valence-corrected chi connectivity index (χ2v) is 19.5. The summed E-state index contributed by atoms with van der Waals surface area (Å²) in [4.78, 5) is 64.8. The number of rotatable bonds is 26. The molecule has 11 N–H and O–H groups in total. The monoisotopic (exact) mass is 1190 g/mol. The summed E-state index contributed by atoms with van der Waals surface area (Å²) in [5.74, 6) is -4.71. The van der Waals surface area contributed by atoms with Gasteiger partial charge in [0.15, 0.2) is 43.5 Å². The molecule has 83 heavy (non-hydrogen) atoms. The predicted molar refractivity (Wildman–Crippen MR) is 266 cm³/mol. The molecule has 4 aliphatic heterocycles. The highest BCUT2D eigenvalue weighted by Gasteiger charge is 2.55. The standard InChI is InChI=1S/C52H72O31/c1-22(55)71-18-29-42(82-50-38(63)35(60)33(58)27(16-53)78-50)37(62)40(65)49(80-29)73-20-31(76-47(67)25-12-8-6-9-13-25)44(69-4)45(70-5)32(77-48(68)26-14-10-7-11-15-26)21-74-52-46(75-24(3)57)41(66)43(30(81-52)19-72-23(2)56)83-51-39(64)36(61)34(59)28(17-54)79-51/h6-15,27-46,49-54,58-66H,16-21H2,1-5H3/t27-,28-,29-,30-,31-,32-,33+,34+,35+,36+,37-,38-,39-,40-,41+,42-,43-,44-,45-,46-,49-,50+,51+,52-/m1/s1. The lowest BCUT2D eigenvalue weighted by atomic mass is 9.96. The molecule has 2 aromatic rings. The Morgan fingerprint density at radius 1 is 0.446 bits per heavy atom. The summed E-state index contributed by atoms with van der Waals surface area (Å²) in [7, 11) is 2.27. The van der Waals surface area contributed by atoms with Gasteiger partial charge in [-0.05, 0) is 24.3 Å². The fraction of sp³-hybridized carbons (Fsp3) is 0.673. The summed E-state index contributed by atoms with van der Waals surface area (Å²) >= 11 is 0. The second-order valence-electron chi connectivity index (χ2n) is 19.5. The maximum absolute atomic E-state index is 14.0. The lowest BCUT2D eigenvalue weighted by Crippen LogP contribution is -2.65. The highest BCUT2D eigenvalue weighted by atomic mass is 16.8. The summed E-state index contributed by atoms with van der Waals surface area (Å²) in [5.41, 5.74) is -0.00930. The summed E-state index contributed by atoms with van der Waals surface area (Å²) in [5, 5.41) is 118. The summed E-state index contributed by atoms with van der Waals surface area (Å²) in [6.45, 7) is -1.78. The third-order valence-electron chi connectivity index (χ3n) is 13.7. The van der Waals surface area contributed by atoms with Gasteiger partial charge in [0, 0.05) is 35.0 Å². The highest BCUT2D eigenvalue weighted by Crippen LogP contribution is 2.34. The lowest BCUT2D eigenvalue weighted by Gasteiger charge is -2.47. The molecule has 4 saturated heterocycles. The van der Waals surface area contributed by atoms with Crippen molar-refractivity contribution in [2.75, 3.05) is 53.9 Å². The van der Waals surface area contributed by atoms with Crippen LogP contribution < -0.4 is 0 Å². The van der Waals surface area contributed by atoms with Gasteiger partial charge in [-0.1, -0.05) is 36.4 Å². The van der Waals surface area contributed by atoms with Crippen LogP contribution in [0.4, 0.5) is 0 Å². The molecule has 4 fully saturated rings. The van der Waals surface area contributed by atoms with Crippen molar-refractivity contribution in [2.45, 2.75) is 168 Å². The average Bonchev–Trinajstić information content (AvgIpc) is 3.55. The molecule has 31 heteroatoms. The van der Waals surface area contributed by atoms with Crippen molar-refractivity contribution in [3.63, 3.8) is 0 Å². The smallest absolute Gasteiger partial charge is 0.338 e. The van der Waals surface area contributed by atoms with Crippen molar-refractivity contribution in [3.8, 4) is 0 Å². The Bertz CT molecular complexity index is 2350. The molecule has 0 spiro atoms. The first kappa shape index (κ1) is 67.1. The molecule has 0 aromatic heterocycles. The van der Waals surface area contributed by atoms with Crippen molar-refractivity contribution < 1.29 is 151 Å². The molecule has 2 aromatic carbocycles. The van der Waals surface area contributed by atoms with Gasteiger partial charge in [-0.3, -0.25) is 14.4 Å². The molecule has 4 aliphatic rings. The molecule has 0 saturated carbocycles. The lowest BCUT2D eigenvalue weighted by molar-refractivity contribution is -0.361. The molecule has 31 nitrogen and oxygen atoms in total. The van der Waals surface area contributed by atoms with E-state index in [4.69, 9.17) is 71.1 Å². The van der Waals surface area contributed by atoms with E-state index in [9.17, 15) is 80.1 Å². The van der Waals surface area contributed by atoms with Crippen LogP contribution in [0.1, 0.15) is 41.5 Å². The number of aliphatic hydroxyl groups is 11. The Morgan fingerprint density at radius 3 is 1.20 bits per heavy atom. The number of hydrogen-bond donors (Lipinski definition) is 11. The third-order valence-corrected chi connectivity index (χ3v) is 13.7. The fourth-order valence-corrected chi connectivity index (χ4v) is 9.39. The van der Waals surface area contributed by atoms with Crippen molar-refractivity contribution in [1.82, 2.24) is 0 Å². The average molecular weight is 1190 g/mol. The van der Waals surface area contributed by atoms with E-state index in [1.54, 1.807) is 12.1 Å². The van der Waals surface area contributed by atoms with Gasteiger partial charge in [0.2, 0.25) is 0 Å². The number of hydrogen-bond acceptors (Lipinski definition) is 31. The zero-order chi connectivity index (χ0) is 60.8. The van der Waals surface area contributed by atoms with Crippen LogP contribution in [0.25, 0.3) is 0 Å². The van der Waals surface area contributed by atoms with Gasteiger partial charge in [0.05, 0.1) is 37.6 Å². The van der Waals surface area contributed by atoms with Gasteiger partial charge in [-0.15, -0.1) is 0 Å². The number of esters is 5. The Labute approximate surface area is 473 Å². The van der Waals surface area contributed by atoms with Gasteiger partial charge in [0.25, 0.3) is 0 Å². The summed E-state index contributed by atoms with van der Waals surface area (Å²) < 4.78 is 86.5. The Balaban J connectivity index is 1.32. The Kier molecular flexibility index (Phi) is 25.4. The van der Waals surface area contributed by atoms with Gasteiger partial charge >= 0.3 is 29.8 Å². The minimum Gasteiger partial charge on any atom is -0.463 e. The van der Waals surface area contributed by atoms with E-state index >= 15 is 0 Å². The minimum atomic E-state index is -2.10. The van der Waals surface area contributed by atoms with Crippen LogP contribution in [-0.2, 0) is 85.4 Å². The number of carbonyl (C=O) groups is 5. The van der Waals surface area contributed by atoms with E-state index in [0.29, 0.717) is 0 Å². The largest absolute Gasteiger partial charge is 0.463 e. The molecule has 6 rings (SSSR count).